The van der Waals surface area contributed by atoms with E-state index >= 15 is 0 Å². The molecule has 20 heavy (non-hydrogen) atoms. The van der Waals surface area contributed by atoms with E-state index in [1.165, 1.54) is 29.5 Å². The highest BCUT2D eigenvalue weighted by Crippen LogP contribution is 2.62. The fraction of sp³-hybridized carbons (Fsp3) is 0.421. The number of nitrogens with zero attached hydrogens (tertiary/aromatic N) is 1. The topological polar surface area (TPSA) is 12.9 Å². The van der Waals surface area contributed by atoms with E-state index in [1.54, 1.807) is 5.56 Å². The van der Waals surface area contributed by atoms with E-state index < -0.39 is 0 Å². The Morgan fingerprint density at radius 3 is 2.60 bits per heavy atom. The molecule has 1 fully saturated rings. The van der Waals surface area contributed by atoms with Crippen LogP contribution in [0.4, 0.5) is 0 Å². The van der Waals surface area contributed by atoms with E-state index in [2.05, 4.69) is 57.3 Å². The summed E-state index contributed by atoms with van der Waals surface area (Å²) in [7, 11) is 0. The summed E-state index contributed by atoms with van der Waals surface area (Å²) in [4.78, 5) is 4.69. The summed E-state index contributed by atoms with van der Waals surface area (Å²) in [6, 6.07) is 11.0. The van der Waals surface area contributed by atoms with Gasteiger partial charge in [-0.1, -0.05) is 43.7 Å². The Kier molecular flexibility index (Phi) is 2.39. The highest BCUT2D eigenvalue weighted by atomic mass is 14.7. The van der Waals surface area contributed by atoms with Crippen molar-refractivity contribution in [1.82, 2.24) is 4.98 Å². The van der Waals surface area contributed by atoms with Crippen molar-refractivity contribution in [1.29, 1.82) is 0 Å². The zero-order chi connectivity index (χ0) is 13.9. The second kappa shape index (κ2) is 3.94. The second-order valence-corrected chi connectivity index (χ2v) is 7.15. The van der Waals surface area contributed by atoms with Gasteiger partial charge in [0.2, 0.25) is 0 Å². The molecule has 1 nitrogen and oxygen atoms in total. The third-order valence-electron chi connectivity index (χ3n) is 5.68. The molecule has 5 rings (SSSR count). The Morgan fingerprint density at radius 2 is 1.90 bits per heavy atom. The lowest BCUT2D eigenvalue weighted by molar-refractivity contribution is 0.0184. The molecule has 0 unspecified atom stereocenters. The van der Waals surface area contributed by atoms with Gasteiger partial charge in [0.25, 0.3) is 0 Å². The van der Waals surface area contributed by atoms with Crippen molar-refractivity contribution in [3.8, 4) is 11.3 Å². The fourth-order valence-corrected chi connectivity index (χ4v) is 4.03. The van der Waals surface area contributed by atoms with Crippen LogP contribution < -0.4 is 0 Å². The first kappa shape index (κ1) is 12.1. The predicted molar refractivity (Wildman–Crippen MR) is 82.7 cm³/mol. The molecular formula is C19H21N. The van der Waals surface area contributed by atoms with Gasteiger partial charge >= 0.3 is 0 Å². The molecule has 1 saturated carbocycles. The minimum atomic E-state index is 0.485. The lowest BCUT2D eigenvalue weighted by atomic mass is 9.47. The number of rotatable bonds is 1. The highest BCUT2D eigenvalue weighted by Gasteiger charge is 2.52. The average Bonchev–Trinajstić information content (AvgIpc) is 2.46. The summed E-state index contributed by atoms with van der Waals surface area (Å²) < 4.78 is 0. The lowest BCUT2D eigenvalue weighted by Crippen LogP contribution is -2.48. The van der Waals surface area contributed by atoms with Crippen LogP contribution in [-0.4, -0.2) is 4.98 Å². The first-order valence-corrected chi connectivity index (χ1v) is 7.61. The summed E-state index contributed by atoms with van der Waals surface area (Å²) in [5, 5.41) is 0. The van der Waals surface area contributed by atoms with Crippen molar-refractivity contribution in [2.45, 2.75) is 39.5 Å². The third kappa shape index (κ3) is 1.59. The van der Waals surface area contributed by atoms with E-state index in [1.807, 2.05) is 0 Å². The zero-order valence-electron chi connectivity index (χ0n) is 12.5. The van der Waals surface area contributed by atoms with Crippen LogP contribution in [0, 0.1) is 18.3 Å². The van der Waals surface area contributed by atoms with Gasteiger partial charge in [0, 0.05) is 11.8 Å². The standard InChI is InChI=1S/C19H21N/c1-12-4-6-13(7-5-12)18-10-16-14(11-20-18)8-15-9-17(16)19(15,2)3/h4-7,10-11,15,17H,8-9H2,1-3H3/t15-,17-/m0/s1. The molecule has 2 aromatic rings. The zero-order valence-corrected chi connectivity index (χ0v) is 12.5. The van der Waals surface area contributed by atoms with Gasteiger partial charge in [-0.3, -0.25) is 4.98 Å². The van der Waals surface area contributed by atoms with Crippen LogP contribution in [0.25, 0.3) is 11.3 Å². The van der Waals surface area contributed by atoms with Crippen LogP contribution in [0.2, 0.25) is 0 Å². The van der Waals surface area contributed by atoms with Crippen LogP contribution in [0.3, 0.4) is 0 Å². The summed E-state index contributed by atoms with van der Waals surface area (Å²) in [5.74, 6) is 1.61. The molecule has 2 bridgehead atoms. The molecule has 102 valence electrons. The lowest BCUT2D eigenvalue weighted by Gasteiger charge is -2.57. The first-order chi connectivity index (χ1) is 9.55. The van der Waals surface area contributed by atoms with Gasteiger partial charge in [-0.15, -0.1) is 0 Å². The van der Waals surface area contributed by atoms with Crippen molar-refractivity contribution < 1.29 is 0 Å². The Hall–Kier alpha value is -1.63. The predicted octanol–water partition coefficient (Wildman–Crippen LogP) is 4.74. The maximum atomic E-state index is 4.69. The van der Waals surface area contributed by atoms with Gasteiger partial charge in [-0.2, -0.15) is 0 Å². The number of pyridine rings is 1. The van der Waals surface area contributed by atoms with Crippen molar-refractivity contribution in [3.63, 3.8) is 0 Å². The molecule has 1 aromatic heterocycles. The van der Waals surface area contributed by atoms with Gasteiger partial charge in [-0.25, -0.2) is 0 Å². The second-order valence-electron chi connectivity index (χ2n) is 7.15. The molecule has 1 aromatic carbocycles. The Labute approximate surface area is 121 Å². The van der Waals surface area contributed by atoms with Crippen molar-refractivity contribution >= 4 is 0 Å². The van der Waals surface area contributed by atoms with E-state index in [0.717, 1.165) is 17.5 Å². The molecule has 1 heterocycles. The fourth-order valence-electron chi connectivity index (χ4n) is 4.03. The molecular weight excluding hydrogens is 242 g/mol. The van der Waals surface area contributed by atoms with Gasteiger partial charge in [0.1, 0.15) is 0 Å². The summed E-state index contributed by atoms with van der Waals surface area (Å²) in [6.45, 7) is 6.99. The summed E-state index contributed by atoms with van der Waals surface area (Å²) in [5.41, 5.74) is 7.19. The SMILES string of the molecule is Cc1ccc(-c2cc3c(cn2)C[C@H]2C[C@@H]3C2(C)C)cc1. The molecule has 0 amide bonds. The highest BCUT2D eigenvalue weighted by molar-refractivity contribution is 5.61. The van der Waals surface area contributed by atoms with E-state index in [9.17, 15) is 0 Å². The van der Waals surface area contributed by atoms with Gasteiger partial charge in [0.05, 0.1) is 5.69 Å². The van der Waals surface area contributed by atoms with Crippen molar-refractivity contribution in [3.05, 3.63) is 53.2 Å². The Bertz CT molecular complexity index is 667. The summed E-state index contributed by atoms with van der Waals surface area (Å²) >= 11 is 0. The molecule has 0 saturated heterocycles. The van der Waals surface area contributed by atoms with Crippen LogP contribution in [0.15, 0.2) is 36.5 Å². The van der Waals surface area contributed by atoms with Crippen LogP contribution in [0.5, 0.6) is 0 Å². The molecule has 3 aliphatic rings. The average molecular weight is 263 g/mol. The van der Waals surface area contributed by atoms with Crippen molar-refractivity contribution in [2.75, 3.05) is 0 Å². The minimum absolute atomic E-state index is 0.485. The molecule has 0 N–H and O–H groups in total. The monoisotopic (exact) mass is 263 g/mol. The molecule has 0 radical (unpaired) electrons. The summed E-state index contributed by atoms with van der Waals surface area (Å²) in [6.07, 6.45) is 4.72. The van der Waals surface area contributed by atoms with E-state index in [-0.39, 0.29) is 0 Å². The number of hydrogen-bond acceptors (Lipinski definition) is 1. The largest absolute Gasteiger partial charge is 0.256 e. The molecule has 0 aliphatic heterocycles. The molecule has 1 heteroatoms. The van der Waals surface area contributed by atoms with Crippen LogP contribution in [0.1, 0.15) is 42.9 Å². The molecule has 0 spiro atoms. The van der Waals surface area contributed by atoms with Gasteiger partial charge in [0.15, 0.2) is 0 Å². The molecule has 2 atom stereocenters. The molecule has 3 aliphatic carbocycles. The number of aryl methyl sites for hydroxylation is 1. The maximum Gasteiger partial charge on any atom is 0.0705 e. The number of aromatic nitrogens is 1. The van der Waals surface area contributed by atoms with E-state index in [0.29, 0.717) is 5.41 Å². The Balaban J connectivity index is 1.78. The van der Waals surface area contributed by atoms with Crippen LogP contribution >= 0.6 is 0 Å². The number of benzene rings is 1. The third-order valence-corrected chi connectivity index (χ3v) is 5.68. The normalized spacial score (nSPS) is 25.8. The quantitative estimate of drug-likeness (QED) is 0.724. The Morgan fingerprint density at radius 1 is 1.15 bits per heavy atom. The first-order valence-electron chi connectivity index (χ1n) is 7.61. The van der Waals surface area contributed by atoms with Crippen molar-refractivity contribution in [2.24, 2.45) is 11.3 Å². The van der Waals surface area contributed by atoms with E-state index in [4.69, 9.17) is 4.98 Å². The maximum absolute atomic E-state index is 4.69. The number of hydrogen-bond donors (Lipinski definition) is 0. The minimum Gasteiger partial charge on any atom is -0.256 e. The van der Waals surface area contributed by atoms with Gasteiger partial charge in [-0.05, 0) is 54.2 Å². The van der Waals surface area contributed by atoms with Gasteiger partial charge < -0.3 is 0 Å². The van der Waals surface area contributed by atoms with Crippen LogP contribution in [-0.2, 0) is 6.42 Å². The smallest absolute Gasteiger partial charge is 0.0705 e.